The van der Waals surface area contributed by atoms with Gasteiger partial charge >= 0.3 is 0 Å². The number of rotatable bonds is 3. The number of pyridine rings is 1. The summed E-state index contributed by atoms with van der Waals surface area (Å²) in [5, 5.41) is 3.33. The molecule has 1 N–H and O–H groups in total. The average Bonchev–Trinajstić information content (AvgIpc) is 2.29. The second-order valence-corrected chi connectivity index (χ2v) is 4.36. The summed E-state index contributed by atoms with van der Waals surface area (Å²) < 4.78 is 11.1. The van der Waals surface area contributed by atoms with Crippen molar-refractivity contribution in [2.75, 3.05) is 20.2 Å². The summed E-state index contributed by atoms with van der Waals surface area (Å²) in [4.78, 5) is 4.09. The maximum absolute atomic E-state index is 6.00. The van der Waals surface area contributed by atoms with Gasteiger partial charge in [0.15, 0.2) is 0 Å². The molecular weight excluding hydrogens is 204 g/mol. The first-order valence-electron chi connectivity index (χ1n) is 5.61. The van der Waals surface area contributed by atoms with Gasteiger partial charge < -0.3 is 14.8 Å². The summed E-state index contributed by atoms with van der Waals surface area (Å²) in [5.41, 5.74) is -0.0840. The van der Waals surface area contributed by atoms with Gasteiger partial charge in [0.1, 0.15) is 17.1 Å². The molecule has 0 aromatic carbocycles. The quantitative estimate of drug-likeness (QED) is 0.843. The molecule has 1 aliphatic rings. The summed E-state index contributed by atoms with van der Waals surface area (Å²) in [6.45, 7) is 4.16. The van der Waals surface area contributed by atoms with Gasteiger partial charge in [-0.25, -0.2) is 0 Å². The lowest BCUT2D eigenvalue weighted by atomic mass is 9.94. The minimum Gasteiger partial charge on any atom is -0.495 e. The third kappa shape index (κ3) is 2.64. The first kappa shape index (κ1) is 11.2. The van der Waals surface area contributed by atoms with Crippen LogP contribution in [-0.2, 0) is 0 Å². The average molecular weight is 222 g/mol. The van der Waals surface area contributed by atoms with E-state index in [4.69, 9.17) is 9.47 Å². The third-order valence-electron chi connectivity index (χ3n) is 2.95. The molecule has 1 aromatic rings. The fraction of sp³-hybridized carbons (Fsp3) is 0.583. The van der Waals surface area contributed by atoms with Gasteiger partial charge in [-0.05, 0) is 32.9 Å². The van der Waals surface area contributed by atoms with Gasteiger partial charge in [0.05, 0.1) is 19.5 Å². The van der Waals surface area contributed by atoms with E-state index in [0.29, 0.717) is 0 Å². The van der Waals surface area contributed by atoms with Crippen LogP contribution in [0, 0.1) is 0 Å². The van der Waals surface area contributed by atoms with Crippen LogP contribution in [-0.4, -0.2) is 30.8 Å². The predicted octanol–water partition coefficient (Wildman–Crippen LogP) is 1.61. The molecule has 1 aliphatic heterocycles. The molecular formula is C12H18N2O2. The molecule has 0 aliphatic carbocycles. The first-order chi connectivity index (χ1) is 7.72. The molecule has 0 bridgehead atoms. The largest absolute Gasteiger partial charge is 0.495 e. The second kappa shape index (κ2) is 4.70. The molecule has 0 unspecified atom stereocenters. The Morgan fingerprint density at radius 3 is 2.62 bits per heavy atom. The van der Waals surface area contributed by atoms with Crippen LogP contribution in [0.25, 0.3) is 0 Å². The van der Waals surface area contributed by atoms with E-state index in [0.717, 1.165) is 37.4 Å². The molecule has 1 fully saturated rings. The lowest BCUT2D eigenvalue weighted by Crippen LogP contribution is -2.43. The Balaban J connectivity index is 2.07. The molecule has 1 aromatic heterocycles. The van der Waals surface area contributed by atoms with Crippen molar-refractivity contribution in [2.45, 2.75) is 25.4 Å². The standard InChI is InChI=1S/C12H18N2O2/c1-12(3-5-13-6-4-12)16-11-7-10(15-2)8-14-9-11/h7-9,13H,3-6H2,1-2H3. The number of nitrogens with one attached hydrogen (secondary N) is 1. The van der Waals surface area contributed by atoms with E-state index in [9.17, 15) is 0 Å². The summed E-state index contributed by atoms with van der Waals surface area (Å²) in [7, 11) is 1.63. The summed E-state index contributed by atoms with van der Waals surface area (Å²) in [5.74, 6) is 1.51. The topological polar surface area (TPSA) is 43.4 Å². The molecule has 4 heteroatoms. The molecule has 1 saturated heterocycles. The zero-order chi connectivity index (χ0) is 11.4. The molecule has 0 atom stereocenters. The van der Waals surface area contributed by atoms with Crippen LogP contribution >= 0.6 is 0 Å². The van der Waals surface area contributed by atoms with Crippen molar-refractivity contribution in [2.24, 2.45) is 0 Å². The Morgan fingerprint density at radius 1 is 1.25 bits per heavy atom. The third-order valence-corrected chi connectivity index (χ3v) is 2.95. The molecule has 4 nitrogen and oxygen atoms in total. The van der Waals surface area contributed by atoms with E-state index in [1.807, 2.05) is 6.07 Å². The maximum atomic E-state index is 6.00. The summed E-state index contributed by atoms with van der Waals surface area (Å²) in [6, 6.07) is 1.88. The fourth-order valence-electron chi connectivity index (χ4n) is 1.91. The van der Waals surface area contributed by atoms with Crippen LogP contribution in [0.1, 0.15) is 19.8 Å². The van der Waals surface area contributed by atoms with Crippen molar-refractivity contribution in [1.82, 2.24) is 10.3 Å². The van der Waals surface area contributed by atoms with Crippen LogP contribution in [0.15, 0.2) is 18.5 Å². The normalized spacial score (nSPS) is 19.1. The zero-order valence-electron chi connectivity index (χ0n) is 9.82. The number of nitrogens with zero attached hydrogens (tertiary/aromatic N) is 1. The minimum atomic E-state index is -0.0840. The summed E-state index contributed by atoms with van der Waals surface area (Å²) >= 11 is 0. The van der Waals surface area contributed by atoms with Crippen molar-refractivity contribution in [3.05, 3.63) is 18.5 Å². The van der Waals surface area contributed by atoms with Crippen LogP contribution in [0.2, 0.25) is 0 Å². The lowest BCUT2D eigenvalue weighted by Gasteiger charge is -2.34. The Labute approximate surface area is 96.0 Å². The SMILES string of the molecule is COc1cncc(OC2(C)CCNCC2)c1. The van der Waals surface area contributed by atoms with Gasteiger partial charge in [-0.1, -0.05) is 0 Å². The molecule has 0 spiro atoms. The molecule has 0 radical (unpaired) electrons. The van der Waals surface area contributed by atoms with Crippen LogP contribution in [0.3, 0.4) is 0 Å². The summed E-state index contributed by atoms with van der Waals surface area (Å²) in [6.07, 6.45) is 5.45. The highest BCUT2D eigenvalue weighted by atomic mass is 16.5. The smallest absolute Gasteiger partial charge is 0.142 e. The number of methoxy groups -OCH3 is 1. The fourth-order valence-corrected chi connectivity index (χ4v) is 1.91. The number of hydrogen-bond donors (Lipinski definition) is 1. The van der Waals surface area contributed by atoms with Crippen LogP contribution < -0.4 is 14.8 Å². The highest BCUT2D eigenvalue weighted by molar-refractivity contribution is 5.28. The van der Waals surface area contributed by atoms with Crippen molar-refractivity contribution < 1.29 is 9.47 Å². The Kier molecular flexibility index (Phi) is 3.29. The van der Waals surface area contributed by atoms with Gasteiger partial charge in [0, 0.05) is 6.07 Å². The van der Waals surface area contributed by atoms with Gasteiger partial charge in [-0.15, -0.1) is 0 Å². The van der Waals surface area contributed by atoms with Crippen LogP contribution in [0.4, 0.5) is 0 Å². The number of aromatic nitrogens is 1. The monoisotopic (exact) mass is 222 g/mol. The number of piperidine rings is 1. The first-order valence-corrected chi connectivity index (χ1v) is 5.61. The molecule has 88 valence electrons. The van der Waals surface area contributed by atoms with E-state index in [1.54, 1.807) is 19.5 Å². The van der Waals surface area contributed by atoms with Gasteiger partial charge in [0.25, 0.3) is 0 Å². The number of hydrogen-bond acceptors (Lipinski definition) is 4. The molecule has 16 heavy (non-hydrogen) atoms. The van der Waals surface area contributed by atoms with Crippen LogP contribution in [0.5, 0.6) is 11.5 Å². The van der Waals surface area contributed by atoms with E-state index < -0.39 is 0 Å². The van der Waals surface area contributed by atoms with Gasteiger partial charge in [-0.3, -0.25) is 4.98 Å². The van der Waals surface area contributed by atoms with Crippen molar-refractivity contribution >= 4 is 0 Å². The van der Waals surface area contributed by atoms with E-state index >= 15 is 0 Å². The Hall–Kier alpha value is -1.29. The highest BCUT2D eigenvalue weighted by Crippen LogP contribution is 2.27. The van der Waals surface area contributed by atoms with Crippen molar-refractivity contribution in [3.63, 3.8) is 0 Å². The molecule has 2 rings (SSSR count). The van der Waals surface area contributed by atoms with E-state index in [2.05, 4.69) is 17.2 Å². The zero-order valence-corrected chi connectivity index (χ0v) is 9.82. The van der Waals surface area contributed by atoms with Crippen molar-refractivity contribution in [1.29, 1.82) is 0 Å². The predicted molar refractivity (Wildman–Crippen MR) is 61.9 cm³/mol. The lowest BCUT2D eigenvalue weighted by molar-refractivity contribution is 0.0550. The number of ether oxygens (including phenoxy) is 2. The van der Waals surface area contributed by atoms with Gasteiger partial charge in [-0.2, -0.15) is 0 Å². The van der Waals surface area contributed by atoms with Gasteiger partial charge in [0.2, 0.25) is 0 Å². The Morgan fingerprint density at radius 2 is 1.94 bits per heavy atom. The highest BCUT2D eigenvalue weighted by Gasteiger charge is 2.28. The maximum Gasteiger partial charge on any atom is 0.142 e. The molecule has 2 heterocycles. The Bertz CT molecular complexity index is 349. The van der Waals surface area contributed by atoms with Crippen molar-refractivity contribution in [3.8, 4) is 11.5 Å². The molecule has 0 amide bonds. The van der Waals surface area contributed by atoms with E-state index in [1.165, 1.54) is 0 Å². The molecule has 0 saturated carbocycles. The second-order valence-electron chi connectivity index (χ2n) is 4.36. The minimum absolute atomic E-state index is 0.0840. The van der Waals surface area contributed by atoms with E-state index in [-0.39, 0.29) is 5.60 Å².